The van der Waals surface area contributed by atoms with Gasteiger partial charge in [-0.15, -0.1) is 11.8 Å². The summed E-state index contributed by atoms with van der Waals surface area (Å²) in [6.45, 7) is 12.1. The SMILES string of the molecule is CC(C)CCN(C(=O)Nc1ncc(SCCC(=O)O)s1)[C@H]1CC[C@H](C(C)(C)C)CC1. The number of anilines is 1. The third-order valence-corrected chi connectivity index (χ3v) is 7.94. The Kier molecular flexibility index (Phi) is 9.47. The van der Waals surface area contributed by atoms with Crippen molar-refractivity contribution in [3.05, 3.63) is 6.20 Å². The predicted molar refractivity (Wildman–Crippen MR) is 125 cm³/mol. The van der Waals surface area contributed by atoms with E-state index < -0.39 is 5.97 Å². The van der Waals surface area contributed by atoms with Gasteiger partial charge in [-0.2, -0.15) is 0 Å². The van der Waals surface area contributed by atoms with Crippen LogP contribution in [0.4, 0.5) is 9.93 Å². The third kappa shape index (κ3) is 8.10. The second-order valence-corrected chi connectivity index (χ2v) is 12.1. The Bertz CT molecular complexity index is 692. The summed E-state index contributed by atoms with van der Waals surface area (Å²) in [7, 11) is 0. The summed E-state index contributed by atoms with van der Waals surface area (Å²) in [5, 5.41) is 12.3. The number of thiazole rings is 1. The summed E-state index contributed by atoms with van der Waals surface area (Å²) < 4.78 is 0.922. The van der Waals surface area contributed by atoms with Crippen LogP contribution in [0.15, 0.2) is 10.4 Å². The van der Waals surface area contributed by atoms with Crippen LogP contribution >= 0.6 is 23.1 Å². The minimum absolute atomic E-state index is 0.0636. The lowest BCUT2D eigenvalue weighted by Gasteiger charge is -2.41. The topological polar surface area (TPSA) is 82.5 Å². The molecule has 1 aliphatic rings. The highest BCUT2D eigenvalue weighted by molar-refractivity contribution is 8.01. The van der Waals surface area contributed by atoms with Gasteiger partial charge in [-0.3, -0.25) is 10.1 Å². The maximum atomic E-state index is 13.1. The fourth-order valence-electron chi connectivity index (χ4n) is 3.89. The zero-order valence-corrected chi connectivity index (χ0v) is 20.6. The first-order valence-corrected chi connectivity index (χ1v) is 12.7. The van der Waals surface area contributed by atoms with Crippen LogP contribution in [0.2, 0.25) is 0 Å². The largest absolute Gasteiger partial charge is 0.481 e. The van der Waals surface area contributed by atoms with E-state index in [1.54, 1.807) is 6.20 Å². The van der Waals surface area contributed by atoms with Crippen molar-refractivity contribution in [3.63, 3.8) is 0 Å². The van der Waals surface area contributed by atoms with E-state index in [-0.39, 0.29) is 18.5 Å². The highest BCUT2D eigenvalue weighted by Crippen LogP contribution is 2.39. The van der Waals surface area contributed by atoms with Crippen molar-refractivity contribution in [1.82, 2.24) is 9.88 Å². The van der Waals surface area contributed by atoms with Crippen LogP contribution in [0.3, 0.4) is 0 Å². The molecule has 0 aliphatic heterocycles. The molecule has 1 heterocycles. The van der Waals surface area contributed by atoms with Gasteiger partial charge in [0.05, 0.1) is 16.8 Å². The van der Waals surface area contributed by atoms with Gasteiger partial charge in [-0.1, -0.05) is 46.0 Å². The quantitative estimate of drug-likeness (QED) is 0.434. The third-order valence-electron chi connectivity index (χ3n) is 5.83. The molecule has 1 aliphatic carbocycles. The monoisotopic (exact) mass is 455 g/mol. The summed E-state index contributed by atoms with van der Waals surface area (Å²) in [5.41, 5.74) is 0.325. The van der Waals surface area contributed by atoms with E-state index in [4.69, 9.17) is 5.11 Å². The molecule has 2 rings (SSSR count). The van der Waals surface area contributed by atoms with E-state index in [0.29, 0.717) is 28.1 Å². The second kappa shape index (κ2) is 11.4. The number of carboxylic acid groups (broad SMARTS) is 1. The van der Waals surface area contributed by atoms with Crippen LogP contribution in [-0.2, 0) is 4.79 Å². The molecule has 1 fully saturated rings. The molecule has 0 saturated heterocycles. The minimum Gasteiger partial charge on any atom is -0.481 e. The van der Waals surface area contributed by atoms with E-state index in [0.717, 1.165) is 30.0 Å². The lowest BCUT2D eigenvalue weighted by atomic mass is 9.71. The molecule has 8 heteroatoms. The molecule has 0 aromatic carbocycles. The van der Waals surface area contributed by atoms with Crippen molar-refractivity contribution >= 4 is 40.2 Å². The molecule has 170 valence electrons. The van der Waals surface area contributed by atoms with Gasteiger partial charge in [-0.05, 0) is 49.4 Å². The number of hydrogen-bond donors (Lipinski definition) is 2. The number of amides is 2. The number of urea groups is 1. The lowest BCUT2D eigenvalue weighted by molar-refractivity contribution is -0.136. The van der Waals surface area contributed by atoms with Crippen LogP contribution in [0, 0.1) is 17.3 Å². The van der Waals surface area contributed by atoms with Crippen LogP contribution in [-0.4, -0.2) is 45.3 Å². The number of nitrogens with one attached hydrogen (secondary N) is 1. The molecule has 2 amide bonds. The predicted octanol–water partition coefficient (Wildman–Crippen LogP) is 6.19. The molecule has 2 N–H and O–H groups in total. The fourth-order valence-corrected chi connectivity index (χ4v) is 5.75. The molecule has 0 spiro atoms. The molecule has 0 radical (unpaired) electrons. The van der Waals surface area contributed by atoms with E-state index in [1.165, 1.54) is 35.9 Å². The van der Waals surface area contributed by atoms with Gasteiger partial charge in [0.15, 0.2) is 5.13 Å². The average Bonchev–Trinajstić information content (AvgIpc) is 3.08. The Labute approximate surface area is 189 Å². The van der Waals surface area contributed by atoms with Crippen molar-refractivity contribution < 1.29 is 14.7 Å². The normalized spacial score (nSPS) is 19.7. The summed E-state index contributed by atoms with van der Waals surface area (Å²) >= 11 is 2.87. The standard InChI is InChI=1S/C22H37N3O3S2/c1-15(2)10-12-25(17-8-6-16(7-9-17)22(3,4)5)21(28)24-20-23-14-19(30-20)29-13-11-18(26)27/h14-17H,6-13H2,1-5H3,(H,26,27)(H,23,24,28)/t16-,17-. The van der Waals surface area contributed by atoms with Crippen molar-refractivity contribution in [3.8, 4) is 0 Å². The summed E-state index contributed by atoms with van der Waals surface area (Å²) in [6, 6.07) is 0.220. The molecule has 6 nitrogen and oxygen atoms in total. The molecular weight excluding hydrogens is 418 g/mol. The molecule has 1 saturated carbocycles. The summed E-state index contributed by atoms with van der Waals surface area (Å²) in [5.74, 6) is 0.960. The van der Waals surface area contributed by atoms with Gasteiger partial charge >= 0.3 is 12.0 Å². The Morgan fingerprint density at radius 2 is 1.97 bits per heavy atom. The van der Waals surface area contributed by atoms with Gasteiger partial charge in [0, 0.05) is 18.3 Å². The molecule has 1 aromatic heterocycles. The second-order valence-electron chi connectivity index (χ2n) is 9.65. The Morgan fingerprint density at radius 3 is 2.53 bits per heavy atom. The molecule has 1 aromatic rings. The van der Waals surface area contributed by atoms with E-state index >= 15 is 0 Å². The summed E-state index contributed by atoms with van der Waals surface area (Å²) in [4.78, 5) is 30.1. The van der Waals surface area contributed by atoms with Crippen LogP contribution in [0.5, 0.6) is 0 Å². The summed E-state index contributed by atoms with van der Waals surface area (Å²) in [6.07, 6.45) is 7.26. The number of carbonyl (C=O) groups excluding carboxylic acids is 1. The first-order chi connectivity index (χ1) is 14.1. The molecular formula is C22H37N3O3S2. The minimum atomic E-state index is -0.803. The van der Waals surface area contributed by atoms with Gasteiger partial charge in [0.1, 0.15) is 0 Å². The van der Waals surface area contributed by atoms with E-state index in [1.807, 2.05) is 4.90 Å². The van der Waals surface area contributed by atoms with Gasteiger partial charge < -0.3 is 10.0 Å². The number of aliphatic carboxylic acids is 1. The number of thioether (sulfide) groups is 1. The highest BCUT2D eigenvalue weighted by Gasteiger charge is 2.33. The van der Waals surface area contributed by atoms with Gasteiger partial charge in [-0.25, -0.2) is 9.78 Å². The van der Waals surface area contributed by atoms with Crippen LogP contribution in [0.25, 0.3) is 0 Å². The number of rotatable bonds is 9. The Hall–Kier alpha value is -1.28. The van der Waals surface area contributed by atoms with Crippen molar-refractivity contribution in [2.45, 2.75) is 83.4 Å². The molecule has 0 unspecified atom stereocenters. The van der Waals surface area contributed by atoms with Gasteiger partial charge in [0.2, 0.25) is 0 Å². The van der Waals surface area contributed by atoms with Crippen LogP contribution < -0.4 is 5.32 Å². The highest BCUT2D eigenvalue weighted by atomic mass is 32.2. The zero-order valence-electron chi connectivity index (χ0n) is 18.9. The smallest absolute Gasteiger partial charge is 0.323 e. The zero-order chi connectivity index (χ0) is 22.3. The van der Waals surface area contributed by atoms with E-state index in [9.17, 15) is 9.59 Å². The Balaban J connectivity index is 1.97. The van der Waals surface area contributed by atoms with Crippen molar-refractivity contribution in [2.24, 2.45) is 17.3 Å². The van der Waals surface area contributed by atoms with Crippen molar-refractivity contribution in [1.29, 1.82) is 0 Å². The molecule has 30 heavy (non-hydrogen) atoms. The number of carboxylic acids is 1. The lowest BCUT2D eigenvalue weighted by Crippen LogP contribution is -2.46. The molecule has 0 bridgehead atoms. The van der Waals surface area contributed by atoms with Gasteiger partial charge in [0.25, 0.3) is 0 Å². The van der Waals surface area contributed by atoms with E-state index in [2.05, 4.69) is 44.9 Å². The van der Waals surface area contributed by atoms with Crippen molar-refractivity contribution in [2.75, 3.05) is 17.6 Å². The molecule has 0 atom stereocenters. The number of nitrogens with zero attached hydrogens (tertiary/aromatic N) is 2. The first kappa shape index (κ1) is 25.0. The number of carbonyl (C=O) groups is 2. The number of aromatic nitrogens is 1. The average molecular weight is 456 g/mol. The Morgan fingerprint density at radius 1 is 1.30 bits per heavy atom. The maximum Gasteiger partial charge on any atom is 0.323 e. The number of hydrogen-bond acceptors (Lipinski definition) is 5. The van der Waals surface area contributed by atoms with Crippen LogP contribution in [0.1, 0.15) is 73.1 Å². The fraction of sp³-hybridized carbons (Fsp3) is 0.773. The maximum absolute atomic E-state index is 13.1. The first-order valence-electron chi connectivity index (χ1n) is 10.9.